The number of benzene rings is 1. The van der Waals surface area contributed by atoms with Crippen molar-refractivity contribution in [3.8, 4) is 6.07 Å². The van der Waals surface area contributed by atoms with Crippen molar-refractivity contribution in [2.24, 2.45) is 0 Å². The monoisotopic (exact) mass is 460 g/mol. The summed E-state index contributed by atoms with van der Waals surface area (Å²) in [4.78, 5) is 28.4. The van der Waals surface area contributed by atoms with Gasteiger partial charge in [0.15, 0.2) is 0 Å². The predicted molar refractivity (Wildman–Crippen MR) is 112 cm³/mol. The van der Waals surface area contributed by atoms with Gasteiger partial charge in [-0.05, 0) is 31.5 Å². The molecule has 2 aliphatic heterocycles. The van der Waals surface area contributed by atoms with Crippen molar-refractivity contribution in [2.45, 2.75) is 51.7 Å². The van der Waals surface area contributed by atoms with E-state index in [-0.39, 0.29) is 37.0 Å². The highest BCUT2D eigenvalue weighted by atomic mass is 19.3. The lowest BCUT2D eigenvalue weighted by Crippen LogP contribution is -2.45. The minimum absolute atomic E-state index is 0.0532. The first-order valence-corrected chi connectivity index (χ1v) is 10.7. The Balaban J connectivity index is 1.55. The molecule has 33 heavy (non-hydrogen) atoms. The number of hydrogen-bond donors (Lipinski definition) is 1. The molecule has 11 heteroatoms. The van der Waals surface area contributed by atoms with Crippen LogP contribution in [0, 0.1) is 17.1 Å². The van der Waals surface area contributed by atoms with Crippen LogP contribution in [0.1, 0.15) is 35.9 Å². The molecule has 1 aromatic heterocycles. The Labute approximate surface area is 188 Å². The number of carbonyl (C=O) groups is 2. The topological polar surface area (TPSA) is 94.3 Å². The zero-order chi connectivity index (χ0) is 23.7. The molecule has 0 spiro atoms. The van der Waals surface area contributed by atoms with Gasteiger partial charge in [0.2, 0.25) is 5.91 Å². The molecule has 174 valence electrons. The number of nitrogens with one attached hydrogen (secondary N) is 1. The van der Waals surface area contributed by atoms with E-state index >= 15 is 0 Å². The Bertz CT molecular complexity index is 1130. The molecule has 0 radical (unpaired) electrons. The van der Waals surface area contributed by atoms with Gasteiger partial charge in [-0.2, -0.15) is 10.4 Å². The first-order chi connectivity index (χ1) is 15.8. The zero-order valence-corrected chi connectivity index (χ0v) is 18.0. The number of nitriles is 1. The van der Waals surface area contributed by atoms with Crippen LogP contribution in [-0.4, -0.2) is 57.1 Å². The SMILES string of the molecule is C[C@@H]1Cc2nn3c(c2CN1C(=O)Nc1ccc(F)c(C#N)c1)CC(=O)N(CC(F)F)CCC3. The third-order valence-electron chi connectivity index (χ3n) is 6.03. The van der Waals surface area contributed by atoms with Gasteiger partial charge in [-0.15, -0.1) is 0 Å². The highest BCUT2D eigenvalue weighted by molar-refractivity contribution is 5.90. The highest BCUT2D eigenvalue weighted by Crippen LogP contribution is 2.28. The molecule has 1 aromatic carbocycles. The lowest BCUT2D eigenvalue weighted by atomic mass is 9.98. The van der Waals surface area contributed by atoms with Gasteiger partial charge in [0.1, 0.15) is 11.9 Å². The Morgan fingerprint density at radius 2 is 2.15 bits per heavy atom. The Kier molecular flexibility index (Phi) is 6.26. The van der Waals surface area contributed by atoms with Crippen LogP contribution in [0.2, 0.25) is 0 Å². The Morgan fingerprint density at radius 1 is 1.36 bits per heavy atom. The molecule has 0 saturated carbocycles. The number of carbonyl (C=O) groups excluding carboxylic acids is 2. The van der Waals surface area contributed by atoms with Crippen molar-refractivity contribution in [3.05, 3.63) is 46.5 Å². The maximum atomic E-state index is 13.6. The van der Waals surface area contributed by atoms with Crippen molar-refractivity contribution in [1.82, 2.24) is 19.6 Å². The Hall–Kier alpha value is -3.55. The van der Waals surface area contributed by atoms with Crippen molar-refractivity contribution in [3.63, 3.8) is 0 Å². The molecule has 1 atom stereocenters. The number of hydrogen-bond acceptors (Lipinski definition) is 4. The molecular formula is C22H23F3N6O2. The number of rotatable bonds is 3. The van der Waals surface area contributed by atoms with Crippen LogP contribution in [0.4, 0.5) is 23.7 Å². The van der Waals surface area contributed by atoms with Gasteiger partial charge in [0.05, 0.1) is 36.5 Å². The number of amides is 3. The fraction of sp³-hybridized carbons (Fsp3) is 0.455. The van der Waals surface area contributed by atoms with E-state index < -0.39 is 24.8 Å². The van der Waals surface area contributed by atoms with E-state index in [0.29, 0.717) is 30.8 Å². The summed E-state index contributed by atoms with van der Waals surface area (Å²) in [6.45, 7) is 2.23. The molecule has 8 nitrogen and oxygen atoms in total. The summed E-state index contributed by atoms with van der Waals surface area (Å²) in [7, 11) is 0. The minimum Gasteiger partial charge on any atom is -0.337 e. The number of urea groups is 1. The van der Waals surface area contributed by atoms with Crippen LogP contribution in [0.5, 0.6) is 0 Å². The molecule has 0 unspecified atom stereocenters. The summed E-state index contributed by atoms with van der Waals surface area (Å²) in [6, 6.07) is 4.87. The number of halogens is 3. The smallest absolute Gasteiger partial charge is 0.322 e. The van der Waals surface area contributed by atoms with Crippen LogP contribution >= 0.6 is 0 Å². The fourth-order valence-corrected chi connectivity index (χ4v) is 4.34. The summed E-state index contributed by atoms with van der Waals surface area (Å²) in [5.41, 5.74) is 2.32. The summed E-state index contributed by atoms with van der Waals surface area (Å²) in [6.07, 6.45) is -1.66. The number of aryl methyl sites for hydroxylation is 1. The second-order valence-corrected chi connectivity index (χ2v) is 8.27. The molecule has 2 aromatic rings. The summed E-state index contributed by atoms with van der Waals surface area (Å²) in [5.74, 6) is -1.06. The maximum Gasteiger partial charge on any atom is 0.322 e. The molecule has 2 aliphatic rings. The molecule has 3 heterocycles. The molecule has 0 bridgehead atoms. The summed E-state index contributed by atoms with van der Waals surface area (Å²) in [5, 5.41) is 16.3. The maximum absolute atomic E-state index is 13.6. The van der Waals surface area contributed by atoms with E-state index in [1.807, 2.05) is 6.92 Å². The third kappa shape index (κ3) is 4.65. The number of alkyl halides is 2. The molecular weight excluding hydrogens is 437 g/mol. The van der Waals surface area contributed by atoms with Crippen molar-refractivity contribution in [2.75, 3.05) is 18.4 Å². The quantitative estimate of drug-likeness (QED) is 0.762. The standard InChI is InChI=1S/C22H23F3N6O2/c1-13-7-18-16(11-30(13)22(33)27-15-3-4-17(23)14(8-15)10-26)19-9-21(32)29(12-20(24)25)5-2-6-31(19)28-18/h3-4,8,13,20H,2,5-7,9,11-12H2,1H3,(H,27,33)/t13-/m1/s1. The van der Waals surface area contributed by atoms with E-state index in [2.05, 4.69) is 10.4 Å². The molecule has 0 fully saturated rings. The summed E-state index contributed by atoms with van der Waals surface area (Å²) < 4.78 is 41.1. The molecule has 0 aliphatic carbocycles. The van der Waals surface area contributed by atoms with Crippen molar-refractivity contribution in [1.29, 1.82) is 5.26 Å². The normalized spacial score (nSPS) is 18.3. The van der Waals surface area contributed by atoms with Gasteiger partial charge in [-0.1, -0.05) is 0 Å². The number of fused-ring (bicyclic) bond motifs is 3. The van der Waals surface area contributed by atoms with Crippen LogP contribution in [0.3, 0.4) is 0 Å². The number of anilines is 1. The number of nitrogens with zero attached hydrogens (tertiary/aromatic N) is 5. The lowest BCUT2D eigenvalue weighted by Gasteiger charge is -2.33. The second kappa shape index (κ2) is 9.13. The lowest BCUT2D eigenvalue weighted by molar-refractivity contribution is -0.133. The largest absolute Gasteiger partial charge is 0.337 e. The van der Waals surface area contributed by atoms with Crippen LogP contribution in [0.15, 0.2) is 18.2 Å². The Morgan fingerprint density at radius 3 is 2.88 bits per heavy atom. The molecule has 4 rings (SSSR count). The summed E-state index contributed by atoms with van der Waals surface area (Å²) >= 11 is 0. The van der Waals surface area contributed by atoms with Gasteiger partial charge in [-0.3, -0.25) is 9.48 Å². The zero-order valence-electron chi connectivity index (χ0n) is 18.0. The van der Waals surface area contributed by atoms with Crippen molar-refractivity contribution >= 4 is 17.6 Å². The average molecular weight is 460 g/mol. The molecule has 0 saturated heterocycles. The third-order valence-corrected chi connectivity index (χ3v) is 6.03. The van der Waals surface area contributed by atoms with Crippen LogP contribution in [-0.2, 0) is 30.7 Å². The first-order valence-electron chi connectivity index (χ1n) is 10.7. The fourth-order valence-electron chi connectivity index (χ4n) is 4.34. The molecule has 1 N–H and O–H groups in total. The minimum atomic E-state index is -2.60. The van der Waals surface area contributed by atoms with E-state index in [1.165, 1.54) is 17.0 Å². The number of aromatic nitrogens is 2. The van der Waals surface area contributed by atoms with Gasteiger partial charge in [0.25, 0.3) is 6.43 Å². The van der Waals surface area contributed by atoms with E-state index in [4.69, 9.17) is 5.26 Å². The van der Waals surface area contributed by atoms with E-state index in [0.717, 1.165) is 17.3 Å². The first kappa shape index (κ1) is 22.6. The van der Waals surface area contributed by atoms with Crippen LogP contribution < -0.4 is 5.32 Å². The molecule has 3 amide bonds. The van der Waals surface area contributed by atoms with Gasteiger partial charge < -0.3 is 15.1 Å². The average Bonchev–Trinajstić information content (AvgIpc) is 3.07. The second-order valence-electron chi connectivity index (χ2n) is 8.27. The van der Waals surface area contributed by atoms with Crippen molar-refractivity contribution < 1.29 is 22.8 Å². The van der Waals surface area contributed by atoms with Gasteiger partial charge >= 0.3 is 6.03 Å². The van der Waals surface area contributed by atoms with E-state index in [1.54, 1.807) is 15.7 Å². The highest BCUT2D eigenvalue weighted by Gasteiger charge is 2.34. The van der Waals surface area contributed by atoms with Gasteiger partial charge in [0, 0.05) is 36.8 Å². The van der Waals surface area contributed by atoms with E-state index in [9.17, 15) is 22.8 Å². The predicted octanol–water partition coefficient (Wildman–Crippen LogP) is 2.91. The van der Waals surface area contributed by atoms with Gasteiger partial charge in [-0.25, -0.2) is 18.0 Å². The van der Waals surface area contributed by atoms with Crippen LogP contribution in [0.25, 0.3) is 0 Å².